The fourth-order valence-electron chi connectivity index (χ4n) is 7.06. The van der Waals surface area contributed by atoms with E-state index in [9.17, 15) is 49.1 Å². The molecule has 0 bridgehead atoms. The van der Waals surface area contributed by atoms with E-state index in [1.54, 1.807) is 0 Å². The van der Waals surface area contributed by atoms with Gasteiger partial charge in [-0.15, -0.1) is 0 Å². The van der Waals surface area contributed by atoms with Crippen molar-refractivity contribution in [2.75, 3.05) is 26.1 Å². The quantitative estimate of drug-likeness (QED) is 0.219. The molecule has 0 saturated carbocycles. The van der Waals surface area contributed by atoms with E-state index in [-0.39, 0.29) is 29.5 Å². The molecule has 0 aromatic heterocycles. The largest absolute Gasteiger partial charge is 0.496 e. The number of hydrogen-bond acceptors (Lipinski definition) is 5. The Morgan fingerprint density at radius 1 is 0.889 bits per heavy atom. The summed E-state index contributed by atoms with van der Waals surface area (Å²) in [5, 5.41) is 2.34. The molecule has 1 N–H and O–H groups in total. The minimum atomic E-state index is -5.17. The van der Waals surface area contributed by atoms with E-state index in [4.69, 9.17) is 14.2 Å². The van der Waals surface area contributed by atoms with E-state index in [1.807, 2.05) is 13.8 Å². The summed E-state index contributed by atoms with van der Waals surface area (Å²) in [5.41, 5.74) is -6.09. The van der Waals surface area contributed by atoms with Gasteiger partial charge >= 0.3 is 24.6 Å². The number of anilines is 1. The summed E-state index contributed by atoms with van der Waals surface area (Å²) in [4.78, 5) is 28.0. The van der Waals surface area contributed by atoms with Gasteiger partial charge in [0.25, 0.3) is 11.5 Å². The molecule has 1 aliphatic heterocycles. The van der Waals surface area contributed by atoms with Crippen LogP contribution in [0.1, 0.15) is 74.0 Å². The molecular weight excluding hydrogens is 735 g/mol. The van der Waals surface area contributed by atoms with Crippen LogP contribution in [0.15, 0.2) is 72.3 Å². The predicted octanol–water partition coefficient (Wildman–Crippen LogP) is 10.3. The van der Waals surface area contributed by atoms with Crippen LogP contribution in [0.5, 0.6) is 5.75 Å². The molecule has 2 aliphatic rings. The maximum Gasteiger partial charge on any atom is 0.430 e. The summed E-state index contributed by atoms with van der Waals surface area (Å²) in [6.45, 7) is 5.25. The zero-order chi connectivity index (χ0) is 40.0. The van der Waals surface area contributed by atoms with Crippen molar-refractivity contribution in [2.24, 2.45) is 5.41 Å². The maximum atomic E-state index is 14.6. The Kier molecular flexibility index (Phi) is 10.9. The van der Waals surface area contributed by atoms with Crippen LogP contribution in [0.4, 0.5) is 50.0 Å². The van der Waals surface area contributed by atoms with Gasteiger partial charge in [0.1, 0.15) is 11.9 Å². The lowest BCUT2D eigenvalue weighted by Crippen LogP contribution is -2.53. The minimum absolute atomic E-state index is 0.00608. The Morgan fingerprint density at radius 3 is 2.04 bits per heavy atom. The van der Waals surface area contributed by atoms with Crippen LogP contribution in [0.2, 0.25) is 0 Å². The van der Waals surface area contributed by atoms with E-state index < -0.39 is 70.5 Å². The molecule has 1 saturated heterocycles. The highest BCUT2D eigenvalue weighted by Crippen LogP contribution is 2.48. The first-order valence-electron chi connectivity index (χ1n) is 16.7. The normalized spacial score (nSPS) is 20.4. The van der Waals surface area contributed by atoms with Gasteiger partial charge < -0.3 is 19.5 Å². The lowest BCUT2D eigenvalue weighted by atomic mass is 9.72. The van der Waals surface area contributed by atoms with Crippen molar-refractivity contribution in [2.45, 2.75) is 76.3 Å². The van der Waals surface area contributed by atoms with Gasteiger partial charge in [-0.05, 0) is 84.7 Å². The fraction of sp³-hybridized carbons (Fsp3) is 0.421. The molecule has 5 rings (SSSR count). The van der Waals surface area contributed by atoms with E-state index in [0.29, 0.717) is 48.1 Å². The Labute approximate surface area is 305 Å². The molecule has 0 radical (unpaired) electrons. The highest BCUT2D eigenvalue weighted by molar-refractivity contribution is 5.99. The van der Waals surface area contributed by atoms with Crippen LogP contribution in [-0.2, 0) is 32.2 Å². The first-order valence-corrected chi connectivity index (χ1v) is 16.7. The average molecular weight is 773 g/mol. The Hall–Kier alpha value is -4.73. The lowest BCUT2D eigenvalue weighted by Gasteiger charge is -2.36. The van der Waals surface area contributed by atoms with Gasteiger partial charge in [-0.1, -0.05) is 44.2 Å². The van der Waals surface area contributed by atoms with Crippen LogP contribution in [-0.4, -0.2) is 49.9 Å². The van der Waals surface area contributed by atoms with Gasteiger partial charge in [-0.3, -0.25) is 9.69 Å². The topological polar surface area (TPSA) is 77.1 Å². The van der Waals surface area contributed by atoms with E-state index in [1.165, 1.54) is 55.3 Å². The van der Waals surface area contributed by atoms with Crippen LogP contribution < -0.4 is 10.1 Å². The molecule has 54 heavy (non-hydrogen) atoms. The molecule has 2 amide bonds. The molecule has 7 nitrogen and oxygen atoms in total. The number of cyclic esters (lactones) is 1. The second-order valence-electron chi connectivity index (χ2n) is 14.1. The standard InChI is InChI=1S/C38H37F9N2O5/c1-21-31(22-15-25(36(39,40)41)17-26(16-22)37(42,43)44)54-33(51)49(21)20-23-19-34(2,3)14-13-28(23)29-18-27(11-12-30(29)52-4)48-32(50)35(53-5,38(45,46)47)24-9-7-6-8-10-24/h6-12,15-18,21,31H,13-14,19-20H2,1-5H3,(H,48,50)/t21-,31-,35?/m0/s1. The van der Waals surface area contributed by atoms with Crippen LogP contribution >= 0.6 is 0 Å². The van der Waals surface area contributed by atoms with Crippen molar-refractivity contribution in [3.63, 3.8) is 0 Å². The second-order valence-corrected chi connectivity index (χ2v) is 14.1. The van der Waals surface area contributed by atoms with Gasteiger partial charge in [0.2, 0.25) is 0 Å². The first kappa shape index (κ1) is 40.5. The number of hydrogen-bond donors (Lipinski definition) is 1. The van der Waals surface area contributed by atoms with E-state index in [2.05, 4.69) is 5.32 Å². The molecule has 3 aromatic carbocycles. The second kappa shape index (κ2) is 14.5. The maximum absolute atomic E-state index is 14.6. The van der Waals surface area contributed by atoms with Crippen molar-refractivity contribution in [3.05, 3.63) is 100 Å². The zero-order valence-corrected chi connectivity index (χ0v) is 29.7. The number of ether oxygens (including phenoxy) is 3. The number of methoxy groups -OCH3 is 2. The number of benzene rings is 3. The molecule has 1 unspecified atom stereocenters. The SMILES string of the molecule is COc1ccc(NC(=O)C(OC)(c2ccccc2)C(F)(F)F)cc1C1=C(CN2C(=O)O[C@H](c3cc(C(F)(F)F)cc(C(F)(F)F)c3)[C@@H]2C)CC(C)(C)CC1. The monoisotopic (exact) mass is 772 g/mol. The Bertz CT molecular complexity index is 1890. The van der Waals surface area contributed by atoms with Gasteiger partial charge in [0.05, 0.1) is 24.3 Å². The van der Waals surface area contributed by atoms with E-state index >= 15 is 0 Å². The summed E-state index contributed by atoms with van der Waals surface area (Å²) in [7, 11) is 2.14. The molecule has 3 atom stereocenters. The van der Waals surface area contributed by atoms with Gasteiger partial charge in [-0.2, -0.15) is 39.5 Å². The minimum Gasteiger partial charge on any atom is -0.496 e. The number of rotatable bonds is 9. The van der Waals surface area contributed by atoms with Crippen molar-refractivity contribution >= 4 is 23.3 Å². The van der Waals surface area contributed by atoms with Gasteiger partial charge in [-0.25, -0.2) is 4.79 Å². The fourth-order valence-corrected chi connectivity index (χ4v) is 7.06. The number of carbonyl (C=O) groups excluding carboxylic acids is 2. The number of allylic oxidation sites excluding steroid dienone is 1. The van der Waals surface area contributed by atoms with Crippen molar-refractivity contribution in [1.82, 2.24) is 4.90 Å². The molecule has 1 aliphatic carbocycles. The highest BCUT2D eigenvalue weighted by Gasteiger charge is 2.62. The lowest BCUT2D eigenvalue weighted by molar-refractivity contribution is -0.263. The summed E-state index contributed by atoms with van der Waals surface area (Å²) >= 11 is 0. The predicted molar refractivity (Wildman–Crippen MR) is 179 cm³/mol. The third-order valence-electron chi connectivity index (χ3n) is 9.85. The van der Waals surface area contributed by atoms with Crippen molar-refractivity contribution in [1.29, 1.82) is 0 Å². The van der Waals surface area contributed by atoms with Crippen LogP contribution in [0.25, 0.3) is 5.57 Å². The zero-order valence-electron chi connectivity index (χ0n) is 29.7. The molecule has 0 spiro atoms. The number of alkyl halides is 9. The molecule has 292 valence electrons. The molecule has 16 heteroatoms. The number of nitrogens with one attached hydrogen (secondary N) is 1. The van der Waals surface area contributed by atoms with Gasteiger partial charge in [0.15, 0.2) is 0 Å². The highest BCUT2D eigenvalue weighted by atomic mass is 19.4. The summed E-state index contributed by atoms with van der Waals surface area (Å²) in [5.74, 6) is -1.22. The number of halogens is 9. The van der Waals surface area contributed by atoms with Crippen LogP contribution in [0, 0.1) is 5.41 Å². The average Bonchev–Trinajstić information content (AvgIpc) is 3.36. The van der Waals surface area contributed by atoms with Crippen LogP contribution in [0.3, 0.4) is 0 Å². The van der Waals surface area contributed by atoms with Gasteiger partial charge in [0, 0.05) is 30.5 Å². The van der Waals surface area contributed by atoms with Crippen molar-refractivity contribution < 1.29 is 63.3 Å². The number of carbonyl (C=O) groups is 2. The molecule has 1 fully saturated rings. The summed E-state index contributed by atoms with van der Waals surface area (Å²) in [6.07, 6.45) is -16.5. The molecular formula is C38H37F9N2O5. The van der Waals surface area contributed by atoms with Crippen molar-refractivity contribution in [3.8, 4) is 5.75 Å². The Morgan fingerprint density at radius 2 is 1.50 bits per heavy atom. The van der Waals surface area contributed by atoms with E-state index in [0.717, 1.165) is 19.2 Å². The summed E-state index contributed by atoms with van der Waals surface area (Å²) < 4.78 is 142. The molecule has 3 aromatic rings. The first-order chi connectivity index (χ1) is 25.0. The molecule has 1 heterocycles. The smallest absolute Gasteiger partial charge is 0.430 e. The third-order valence-corrected chi connectivity index (χ3v) is 9.85. The Balaban J connectivity index is 1.53. The number of nitrogens with zero attached hydrogens (tertiary/aromatic N) is 1. The number of amides is 2. The summed E-state index contributed by atoms with van der Waals surface area (Å²) in [6, 6.07) is 10.7. The third kappa shape index (κ3) is 7.89.